The largest absolute Gasteiger partial charge is 0.493 e. The van der Waals surface area contributed by atoms with Crippen molar-refractivity contribution in [1.82, 2.24) is 9.66 Å². The van der Waals surface area contributed by atoms with Gasteiger partial charge in [0.15, 0.2) is 17.6 Å². The van der Waals surface area contributed by atoms with E-state index in [0.717, 1.165) is 10.9 Å². The first-order valence-corrected chi connectivity index (χ1v) is 12.2. The standard InChI is InChI=1S/C23H22Br2ClN3O5/c1-5-6-18-28-16-8-7-14(24)10-15(16)22(30)29(18)27-11-13-9-17(32-3)21(20(26)19(13)25)34-12(2)23(31)33-4/h7-12H,5-6H2,1-4H3/t12-/m1/s1. The molecule has 180 valence electrons. The highest BCUT2D eigenvalue weighted by Crippen LogP contribution is 2.42. The van der Waals surface area contributed by atoms with E-state index in [1.54, 1.807) is 18.2 Å². The van der Waals surface area contributed by atoms with Crippen LogP contribution in [0.5, 0.6) is 11.5 Å². The Morgan fingerprint density at radius 3 is 2.68 bits per heavy atom. The molecule has 1 aromatic heterocycles. The minimum atomic E-state index is -0.902. The van der Waals surface area contributed by atoms with Crippen LogP contribution in [-0.4, -0.2) is 42.2 Å². The number of hydrogen-bond donors (Lipinski definition) is 0. The minimum absolute atomic E-state index is 0.173. The predicted octanol–water partition coefficient (Wildman–Crippen LogP) is 5.36. The van der Waals surface area contributed by atoms with Gasteiger partial charge in [0.1, 0.15) is 10.8 Å². The fourth-order valence-electron chi connectivity index (χ4n) is 3.17. The maximum absolute atomic E-state index is 13.2. The van der Waals surface area contributed by atoms with Crippen LogP contribution in [0.4, 0.5) is 0 Å². The molecule has 11 heteroatoms. The molecular weight excluding hydrogens is 594 g/mol. The summed E-state index contributed by atoms with van der Waals surface area (Å²) >= 11 is 13.4. The third-order valence-electron chi connectivity index (χ3n) is 4.86. The molecule has 0 fully saturated rings. The Labute approximate surface area is 218 Å². The highest BCUT2D eigenvalue weighted by molar-refractivity contribution is 9.10. The van der Waals surface area contributed by atoms with Crippen molar-refractivity contribution >= 4 is 66.5 Å². The molecule has 0 bridgehead atoms. The van der Waals surface area contributed by atoms with Crippen molar-refractivity contribution in [3.8, 4) is 11.5 Å². The average molecular weight is 616 g/mol. The first-order chi connectivity index (χ1) is 16.2. The fraction of sp³-hybridized carbons (Fsp3) is 0.304. The molecule has 0 saturated carbocycles. The molecule has 0 radical (unpaired) electrons. The molecule has 0 aliphatic carbocycles. The van der Waals surface area contributed by atoms with Gasteiger partial charge in [-0.2, -0.15) is 9.78 Å². The number of carbonyl (C=O) groups is 1. The van der Waals surface area contributed by atoms with E-state index < -0.39 is 12.1 Å². The second-order valence-corrected chi connectivity index (χ2v) is 9.30. The quantitative estimate of drug-likeness (QED) is 0.250. The number of methoxy groups -OCH3 is 2. The normalized spacial score (nSPS) is 12.2. The molecule has 1 atom stereocenters. The summed E-state index contributed by atoms with van der Waals surface area (Å²) in [5.41, 5.74) is 0.853. The van der Waals surface area contributed by atoms with Crippen molar-refractivity contribution in [2.75, 3.05) is 14.2 Å². The topological polar surface area (TPSA) is 92.0 Å². The first-order valence-electron chi connectivity index (χ1n) is 10.3. The van der Waals surface area contributed by atoms with Gasteiger partial charge < -0.3 is 14.2 Å². The molecule has 0 saturated heterocycles. The van der Waals surface area contributed by atoms with Crippen molar-refractivity contribution in [3.05, 3.63) is 60.0 Å². The van der Waals surface area contributed by atoms with Crippen LogP contribution in [0.15, 0.2) is 43.1 Å². The van der Waals surface area contributed by atoms with Gasteiger partial charge in [0, 0.05) is 20.9 Å². The van der Waals surface area contributed by atoms with Gasteiger partial charge >= 0.3 is 5.97 Å². The van der Waals surface area contributed by atoms with E-state index in [4.69, 9.17) is 25.8 Å². The maximum Gasteiger partial charge on any atom is 0.346 e. The Morgan fingerprint density at radius 2 is 2.03 bits per heavy atom. The van der Waals surface area contributed by atoms with Crippen LogP contribution in [0, 0.1) is 0 Å². The van der Waals surface area contributed by atoms with Crippen molar-refractivity contribution in [3.63, 3.8) is 0 Å². The zero-order valence-electron chi connectivity index (χ0n) is 18.9. The second-order valence-electron chi connectivity index (χ2n) is 7.21. The van der Waals surface area contributed by atoms with Crippen LogP contribution in [0.25, 0.3) is 10.9 Å². The molecular formula is C23H22Br2ClN3O5. The summed E-state index contributed by atoms with van der Waals surface area (Å²) in [6, 6.07) is 6.99. The zero-order valence-corrected chi connectivity index (χ0v) is 22.8. The van der Waals surface area contributed by atoms with Crippen molar-refractivity contribution in [2.45, 2.75) is 32.8 Å². The van der Waals surface area contributed by atoms with Crippen molar-refractivity contribution in [2.24, 2.45) is 5.10 Å². The summed E-state index contributed by atoms with van der Waals surface area (Å²) in [5, 5.41) is 5.05. The summed E-state index contributed by atoms with van der Waals surface area (Å²) < 4.78 is 18.3. The molecule has 0 spiro atoms. The molecule has 0 unspecified atom stereocenters. The number of benzene rings is 2. The molecule has 3 aromatic rings. The molecule has 2 aromatic carbocycles. The third kappa shape index (κ3) is 5.45. The SMILES string of the molecule is CCCc1nc2ccc(Br)cc2c(=O)n1N=Cc1cc(OC)c(O[C@H](C)C(=O)OC)c(Cl)c1Br. The summed E-state index contributed by atoms with van der Waals surface area (Å²) in [5.74, 6) is 0.442. The van der Waals surface area contributed by atoms with Crippen LogP contribution in [-0.2, 0) is 16.0 Å². The van der Waals surface area contributed by atoms with E-state index >= 15 is 0 Å². The summed E-state index contributed by atoms with van der Waals surface area (Å²) in [6.45, 7) is 3.54. The highest BCUT2D eigenvalue weighted by Gasteiger charge is 2.23. The van der Waals surface area contributed by atoms with E-state index in [1.807, 2.05) is 13.0 Å². The molecule has 0 aliphatic rings. The van der Waals surface area contributed by atoms with Gasteiger partial charge in [0.05, 0.1) is 31.3 Å². The average Bonchev–Trinajstić information content (AvgIpc) is 2.82. The maximum atomic E-state index is 13.2. The molecule has 34 heavy (non-hydrogen) atoms. The Kier molecular flexibility index (Phi) is 8.72. The number of rotatable bonds is 8. The number of ether oxygens (including phenoxy) is 3. The van der Waals surface area contributed by atoms with Crippen molar-refractivity contribution in [1.29, 1.82) is 0 Å². The Hall–Kier alpha value is -2.43. The summed E-state index contributed by atoms with van der Waals surface area (Å²) in [4.78, 5) is 29.6. The third-order valence-corrected chi connectivity index (χ3v) is 6.80. The van der Waals surface area contributed by atoms with Gasteiger partial charge in [-0.25, -0.2) is 9.78 Å². The van der Waals surface area contributed by atoms with Gasteiger partial charge in [0.2, 0.25) is 0 Å². The number of nitrogens with zero attached hydrogens (tertiary/aromatic N) is 3. The number of fused-ring (bicyclic) bond motifs is 1. The van der Waals surface area contributed by atoms with E-state index in [2.05, 4.69) is 41.9 Å². The lowest BCUT2D eigenvalue weighted by atomic mass is 10.2. The van der Waals surface area contributed by atoms with Crippen LogP contribution in [0.2, 0.25) is 5.02 Å². The first kappa shape index (κ1) is 26.2. The molecule has 3 rings (SSSR count). The molecule has 8 nitrogen and oxygen atoms in total. The van der Waals surface area contributed by atoms with E-state index in [1.165, 1.54) is 32.0 Å². The fourth-order valence-corrected chi connectivity index (χ4v) is 4.17. The Morgan fingerprint density at radius 1 is 1.29 bits per heavy atom. The summed E-state index contributed by atoms with van der Waals surface area (Å²) in [6.07, 6.45) is 1.94. The lowest BCUT2D eigenvalue weighted by molar-refractivity contribution is -0.147. The number of esters is 1. The minimum Gasteiger partial charge on any atom is -0.493 e. The lowest BCUT2D eigenvalue weighted by Gasteiger charge is -2.18. The molecule has 1 heterocycles. The summed E-state index contributed by atoms with van der Waals surface area (Å²) in [7, 11) is 2.72. The van der Waals surface area contributed by atoms with Crippen LogP contribution >= 0.6 is 43.5 Å². The molecule has 0 N–H and O–H groups in total. The van der Waals surface area contributed by atoms with Gasteiger partial charge in [-0.1, -0.05) is 34.5 Å². The van der Waals surface area contributed by atoms with Gasteiger partial charge in [-0.05, 0) is 53.5 Å². The monoisotopic (exact) mass is 613 g/mol. The van der Waals surface area contributed by atoms with Gasteiger partial charge in [0.25, 0.3) is 5.56 Å². The number of hydrogen-bond acceptors (Lipinski definition) is 7. The van der Waals surface area contributed by atoms with Gasteiger partial charge in [-0.3, -0.25) is 4.79 Å². The van der Waals surface area contributed by atoms with Crippen LogP contribution in [0.1, 0.15) is 31.7 Å². The smallest absolute Gasteiger partial charge is 0.346 e. The van der Waals surface area contributed by atoms with Crippen LogP contribution in [0.3, 0.4) is 0 Å². The van der Waals surface area contributed by atoms with Gasteiger partial charge in [-0.15, -0.1) is 0 Å². The molecule has 0 aliphatic heterocycles. The van der Waals surface area contributed by atoms with Crippen molar-refractivity contribution < 1.29 is 19.0 Å². The van der Waals surface area contributed by atoms with E-state index in [-0.39, 0.29) is 22.1 Å². The van der Waals surface area contributed by atoms with E-state index in [9.17, 15) is 9.59 Å². The Balaban J connectivity index is 2.10. The predicted molar refractivity (Wildman–Crippen MR) is 138 cm³/mol. The van der Waals surface area contributed by atoms with Crippen LogP contribution < -0.4 is 15.0 Å². The number of halogens is 3. The Bertz CT molecular complexity index is 1330. The second kappa shape index (κ2) is 11.3. The zero-order chi connectivity index (χ0) is 25.0. The molecule has 0 amide bonds. The van der Waals surface area contributed by atoms with E-state index in [0.29, 0.717) is 33.2 Å². The number of aryl methyl sites for hydroxylation is 1. The number of aromatic nitrogens is 2. The highest BCUT2D eigenvalue weighted by atomic mass is 79.9. The lowest BCUT2D eigenvalue weighted by Crippen LogP contribution is -2.25. The number of carbonyl (C=O) groups excluding carboxylic acids is 1.